The summed E-state index contributed by atoms with van der Waals surface area (Å²) in [5.41, 5.74) is 2.26. The van der Waals surface area contributed by atoms with Gasteiger partial charge in [-0.05, 0) is 24.1 Å². The predicted octanol–water partition coefficient (Wildman–Crippen LogP) is 0.0556. The third-order valence-corrected chi connectivity index (χ3v) is 2.85. The summed E-state index contributed by atoms with van der Waals surface area (Å²) in [5, 5.41) is 2.81. The van der Waals surface area contributed by atoms with E-state index in [9.17, 15) is 4.79 Å². The van der Waals surface area contributed by atoms with Gasteiger partial charge in [-0.3, -0.25) is 4.79 Å². The molecule has 5 nitrogen and oxygen atoms in total. The molecule has 1 amide bonds. The molecule has 1 saturated heterocycles. The molecule has 0 spiro atoms. The minimum absolute atomic E-state index is 0.0804. The summed E-state index contributed by atoms with van der Waals surface area (Å²) in [4.78, 5) is 17.9. The molecule has 0 radical (unpaired) electrons. The largest absolute Gasteiger partial charge is 0.360 e. The maximum atomic E-state index is 11.3. The van der Waals surface area contributed by atoms with Gasteiger partial charge in [0.25, 0.3) is 0 Å². The number of piperazine rings is 1. The quantitative estimate of drug-likeness (QED) is 0.724. The van der Waals surface area contributed by atoms with E-state index in [0.29, 0.717) is 19.7 Å². The van der Waals surface area contributed by atoms with Crippen LogP contribution in [-0.2, 0) is 16.1 Å². The molecular formula is C12H17N3O2. The summed E-state index contributed by atoms with van der Waals surface area (Å²) < 4.78 is 0. The highest BCUT2D eigenvalue weighted by molar-refractivity contribution is 5.82. The van der Waals surface area contributed by atoms with Crippen LogP contribution in [0.1, 0.15) is 5.56 Å². The van der Waals surface area contributed by atoms with E-state index >= 15 is 0 Å². The first-order valence-electron chi connectivity index (χ1n) is 5.72. The Bertz CT molecular complexity index is 378. The number of rotatable bonds is 4. The van der Waals surface area contributed by atoms with E-state index in [1.807, 2.05) is 24.3 Å². The van der Waals surface area contributed by atoms with Crippen LogP contribution in [0.2, 0.25) is 0 Å². The monoisotopic (exact) mass is 235 g/mol. The van der Waals surface area contributed by atoms with Gasteiger partial charge in [0.2, 0.25) is 5.91 Å². The third kappa shape index (κ3) is 3.18. The molecule has 2 rings (SSSR count). The van der Waals surface area contributed by atoms with E-state index in [1.54, 1.807) is 0 Å². The number of amides is 1. The number of hydrogen-bond donors (Lipinski definition) is 2. The van der Waals surface area contributed by atoms with Gasteiger partial charge in [0, 0.05) is 18.8 Å². The average Bonchev–Trinajstić information content (AvgIpc) is 2.37. The first-order valence-corrected chi connectivity index (χ1v) is 5.72. The number of hydrogen-bond acceptors (Lipinski definition) is 4. The molecule has 0 aromatic heterocycles. The van der Waals surface area contributed by atoms with E-state index in [4.69, 9.17) is 5.90 Å². The molecule has 0 bridgehead atoms. The molecular weight excluding hydrogens is 218 g/mol. The molecule has 0 saturated carbocycles. The van der Waals surface area contributed by atoms with Gasteiger partial charge in [-0.2, -0.15) is 0 Å². The van der Waals surface area contributed by atoms with E-state index in [0.717, 1.165) is 18.7 Å². The Labute approximate surface area is 100 Å². The van der Waals surface area contributed by atoms with Crippen LogP contribution in [-0.4, -0.2) is 32.1 Å². The molecule has 0 atom stereocenters. The van der Waals surface area contributed by atoms with Crippen molar-refractivity contribution in [2.75, 3.05) is 31.1 Å². The van der Waals surface area contributed by atoms with Crippen LogP contribution >= 0.6 is 0 Å². The number of anilines is 1. The first-order chi connectivity index (χ1) is 8.29. The Morgan fingerprint density at radius 1 is 1.35 bits per heavy atom. The maximum absolute atomic E-state index is 11.3. The van der Waals surface area contributed by atoms with E-state index in [1.165, 1.54) is 5.56 Å². The van der Waals surface area contributed by atoms with Crippen molar-refractivity contribution in [1.82, 2.24) is 5.32 Å². The third-order valence-electron chi connectivity index (χ3n) is 2.85. The van der Waals surface area contributed by atoms with Gasteiger partial charge >= 0.3 is 0 Å². The van der Waals surface area contributed by atoms with Crippen LogP contribution in [0.4, 0.5) is 5.69 Å². The van der Waals surface area contributed by atoms with Crippen molar-refractivity contribution < 1.29 is 9.63 Å². The highest BCUT2D eigenvalue weighted by atomic mass is 16.6. The van der Waals surface area contributed by atoms with Gasteiger partial charge in [0.15, 0.2) is 0 Å². The Balaban J connectivity index is 1.99. The summed E-state index contributed by atoms with van der Waals surface area (Å²) in [6, 6.07) is 8.15. The van der Waals surface area contributed by atoms with Crippen molar-refractivity contribution >= 4 is 11.6 Å². The second-order valence-corrected chi connectivity index (χ2v) is 4.06. The second kappa shape index (κ2) is 5.65. The number of nitrogens with two attached hydrogens (primary N) is 1. The first kappa shape index (κ1) is 11.9. The zero-order valence-corrected chi connectivity index (χ0v) is 9.69. The van der Waals surface area contributed by atoms with Gasteiger partial charge < -0.3 is 15.1 Å². The molecule has 5 heteroatoms. The SMILES string of the molecule is NOCCc1ccc(N2CCNC(=O)C2)cc1. The van der Waals surface area contributed by atoms with Gasteiger partial charge in [0.05, 0.1) is 13.2 Å². The molecule has 92 valence electrons. The topological polar surface area (TPSA) is 67.6 Å². The fourth-order valence-corrected chi connectivity index (χ4v) is 1.91. The Morgan fingerprint density at radius 2 is 2.12 bits per heavy atom. The lowest BCUT2D eigenvalue weighted by molar-refractivity contribution is -0.120. The van der Waals surface area contributed by atoms with Crippen molar-refractivity contribution in [3.8, 4) is 0 Å². The predicted molar refractivity (Wildman–Crippen MR) is 65.5 cm³/mol. The van der Waals surface area contributed by atoms with Crippen molar-refractivity contribution in [2.24, 2.45) is 5.90 Å². The van der Waals surface area contributed by atoms with Crippen LogP contribution in [0.5, 0.6) is 0 Å². The minimum atomic E-state index is 0.0804. The summed E-state index contributed by atoms with van der Waals surface area (Å²) in [7, 11) is 0. The van der Waals surface area contributed by atoms with Gasteiger partial charge in [-0.25, -0.2) is 5.90 Å². The fraction of sp³-hybridized carbons (Fsp3) is 0.417. The number of nitrogens with zero attached hydrogens (tertiary/aromatic N) is 1. The van der Waals surface area contributed by atoms with Crippen LogP contribution in [0, 0.1) is 0 Å². The van der Waals surface area contributed by atoms with Crippen molar-refractivity contribution in [1.29, 1.82) is 0 Å². The molecule has 1 heterocycles. The molecule has 1 aromatic rings. The summed E-state index contributed by atoms with van der Waals surface area (Å²) in [5.74, 6) is 5.07. The lowest BCUT2D eigenvalue weighted by Gasteiger charge is -2.28. The van der Waals surface area contributed by atoms with Crippen molar-refractivity contribution in [3.63, 3.8) is 0 Å². The van der Waals surface area contributed by atoms with Gasteiger partial charge in [0.1, 0.15) is 0 Å². The Morgan fingerprint density at radius 3 is 2.76 bits per heavy atom. The van der Waals surface area contributed by atoms with E-state index in [-0.39, 0.29) is 5.91 Å². The minimum Gasteiger partial charge on any atom is -0.360 e. The highest BCUT2D eigenvalue weighted by Crippen LogP contribution is 2.16. The van der Waals surface area contributed by atoms with Crippen LogP contribution < -0.4 is 16.1 Å². The van der Waals surface area contributed by atoms with E-state index in [2.05, 4.69) is 15.1 Å². The fourth-order valence-electron chi connectivity index (χ4n) is 1.91. The normalized spacial score (nSPS) is 15.8. The summed E-state index contributed by atoms with van der Waals surface area (Å²) in [6.45, 7) is 2.52. The molecule has 17 heavy (non-hydrogen) atoms. The molecule has 1 fully saturated rings. The van der Waals surface area contributed by atoms with Crippen molar-refractivity contribution in [2.45, 2.75) is 6.42 Å². The van der Waals surface area contributed by atoms with Gasteiger partial charge in [-0.15, -0.1) is 0 Å². The molecule has 3 N–H and O–H groups in total. The Kier molecular flexibility index (Phi) is 3.95. The smallest absolute Gasteiger partial charge is 0.239 e. The van der Waals surface area contributed by atoms with Crippen LogP contribution in [0.3, 0.4) is 0 Å². The summed E-state index contributed by atoms with van der Waals surface area (Å²) in [6.07, 6.45) is 0.803. The van der Waals surface area contributed by atoms with Gasteiger partial charge in [-0.1, -0.05) is 12.1 Å². The lowest BCUT2D eigenvalue weighted by Crippen LogP contribution is -2.47. The standard InChI is InChI=1S/C12H17N3O2/c13-17-8-5-10-1-3-11(4-2-10)15-7-6-14-12(16)9-15/h1-4H,5-9,13H2,(H,14,16). The number of nitrogens with one attached hydrogen (secondary N) is 1. The summed E-state index contributed by atoms with van der Waals surface area (Å²) >= 11 is 0. The molecule has 1 aliphatic heterocycles. The lowest BCUT2D eigenvalue weighted by atomic mass is 10.1. The zero-order valence-electron chi connectivity index (χ0n) is 9.69. The molecule has 1 aromatic carbocycles. The van der Waals surface area contributed by atoms with E-state index < -0.39 is 0 Å². The second-order valence-electron chi connectivity index (χ2n) is 4.06. The average molecular weight is 235 g/mol. The Hall–Kier alpha value is -1.59. The molecule has 0 unspecified atom stereocenters. The van der Waals surface area contributed by atoms with Crippen LogP contribution in [0.25, 0.3) is 0 Å². The zero-order chi connectivity index (χ0) is 12.1. The van der Waals surface area contributed by atoms with Crippen molar-refractivity contribution in [3.05, 3.63) is 29.8 Å². The molecule has 1 aliphatic rings. The highest BCUT2D eigenvalue weighted by Gasteiger charge is 2.15. The number of carbonyl (C=O) groups is 1. The number of carbonyl (C=O) groups excluding carboxylic acids is 1. The maximum Gasteiger partial charge on any atom is 0.239 e. The van der Waals surface area contributed by atoms with Crippen LogP contribution in [0.15, 0.2) is 24.3 Å². The molecule has 0 aliphatic carbocycles. The number of benzene rings is 1.